The number of amides is 2. The van der Waals surface area contributed by atoms with Crippen LogP contribution in [0.1, 0.15) is 4.88 Å². The second kappa shape index (κ2) is 9.38. The van der Waals surface area contributed by atoms with Gasteiger partial charge in [0.2, 0.25) is 11.1 Å². The van der Waals surface area contributed by atoms with Crippen molar-refractivity contribution in [3.05, 3.63) is 33.7 Å². The number of thioether (sulfide) groups is 2. The molecule has 4 rings (SSSR count). The van der Waals surface area contributed by atoms with E-state index in [-0.39, 0.29) is 18.0 Å². The van der Waals surface area contributed by atoms with E-state index >= 15 is 0 Å². The van der Waals surface area contributed by atoms with Crippen molar-refractivity contribution >= 4 is 52.6 Å². The van der Waals surface area contributed by atoms with Gasteiger partial charge in [0.15, 0.2) is 0 Å². The summed E-state index contributed by atoms with van der Waals surface area (Å²) in [6.45, 7) is 0.829. The van der Waals surface area contributed by atoms with Gasteiger partial charge in [-0.25, -0.2) is 9.48 Å². The van der Waals surface area contributed by atoms with E-state index in [0.29, 0.717) is 35.3 Å². The SMILES string of the molecule is NCCn1nnnc1SCC1=C(C(=O)O)N2C(=O)C(NC(=O)Cc3cccs3)[C@@H]2SC1. The monoisotopic (exact) mass is 481 g/mol. The molecule has 14 heteroatoms. The topological polar surface area (TPSA) is 156 Å². The maximum atomic E-state index is 12.7. The number of hydrogen-bond acceptors (Lipinski definition) is 10. The van der Waals surface area contributed by atoms with Gasteiger partial charge in [-0.3, -0.25) is 14.5 Å². The minimum absolute atomic E-state index is 0.0251. The summed E-state index contributed by atoms with van der Waals surface area (Å²) in [5.41, 5.74) is 6.13. The number of β-lactam (4-membered cyclic amide) rings is 1. The Balaban J connectivity index is 1.43. The van der Waals surface area contributed by atoms with Crippen molar-refractivity contribution in [1.29, 1.82) is 0 Å². The molecule has 2 aliphatic heterocycles. The molecule has 4 N–H and O–H groups in total. The molecule has 2 atom stereocenters. The lowest BCUT2D eigenvalue weighted by atomic mass is 10.0. The van der Waals surface area contributed by atoms with E-state index in [4.69, 9.17) is 5.73 Å². The smallest absolute Gasteiger partial charge is 0.352 e. The fraction of sp³-hybridized carbons (Fsp3) is 0.412. The van der Waals surface area contributed by atoms with Gasteiger partial charge in [-0.15, -0.1) is 28.2 Å². The highest BCUT2D eigenvalue weighted by Gasteiger charge is 2.54. The molecule has 164 valence electrons. The summed E-state index contributed by atoms with van der Waals surface area (Å²) in [6.07, 6.45) is 0.194. The van der Waals surface area contributed by atoms with Crippen LogP contribution in [0.25, 0.3) is 0 Å². The molecule has 0 radical (unpaired) electrons. The quantitative estimate of drug-likeness (QED) is 0.323. The minimum atomic E-state index is -1.17. The molecule has 4 heterocycles. The Kier molecular flexibility index (Phi) is 6.60. The van der Waals surface area contributed by atoms with Crippen LogP contribution in [0.15, 0.2) is 33.9 Å². The molecule has 0 aliphatic carbocycles. The Hall–Kier alpha value is -2.42. The van der Waals surface area contributed by atoms with Gasteiger partial charge in [-0.05, 0) is 27.4 Å². The third-order valence-corrected chi connectivity index (χ3v) is 7.96. The molecule has 0 spiro atoms. The van der Waals surface area contributed by atoms with Crippen LogP contribution < -0.4 is 11.1 Å². The Morgan fingerprint density at radius 3 is 2.97 bits per heavy atom. The zero-order valence-electron chi connectivity index (χ0n) is 16.1. The van der Waals surface area contributed by atoms with Crippen LogP contribution in [-0.2, 0) is 27.3 Å². The van der Waals surface area contributed by atoms with E-state index in [1.165, 1.54) is 39.8 Å². The van der Waals surface area contributed by atoms with E-state index in [2.05, 4.69) is 20.8 Å². The molecule has 2 aromatic heterocycles. The van der Waals surface area contributed by atoms with Crippen molar-refractivity contribution in [3.63, 3.8) is 0 Å². The Labute approximate surface area is 189 Å². The van der Waals surface area contributed by atoms with Gasteiger partial charge in [0.1, 0.15) is 17.1 Å². The number of carbonyl (C=O) groups is 3. The van der Waals surface area contributed by atoms with Crippen molar-refractivity contribution < 1.29 is 19.5 Å². The van der Waals surface area contributed by atoms with Crippen LogP contribution >= 0.6 is 34.9 Å². The second-order valence-corrected chi connectivity index (χ2v) is 9.81. The molecular weight excluding hydrogens is 462 g/mol. The van der Waals surface area contributed by atoms with E-state index in [1.807, 2.05) is 17.5 Å². The summed E-state index contributed by atoms with van der Waals surface area (Å²) in [6, 6.07) is 2.99. The number of carboxylic acid groups (broad SMARTS) is 1. The van der Waals surface area contributed by atoms with E-state index in [0.717, 1.165) is 4.88 Å². The molecule has 0 aromatic carbocycles. The fourth-order valence-corrected chi connectivity index (χ4v) is 6.40. The van der Waals surface area contributed by atoms with Gasteiger partial charge in [0.05, 0.1) is 13.0 Å². The van der Waals surface area contributed by atoms with Gasteiger partial charge in [0, 0.05) is 22.9 Å². The van der Waals surface area contributed by atoms with Gasteiger partial charge in [0.25, 0.3) is 5.91 Å². The van der Waals surface area contributed by atoms with Crippen molar-refractivity contribution in [3.8, 4) is 0 Å². The van der Waals surface area contributed by atoms with Crippen molar-refractivity contribution in [2.24, 2.45) is 5.73 Å². The summed E-state index contributed by atoms with van der Waals surface area (Å²) >= 11 is 4.20. The van der Waals surface area contributed by atoms with Crippen LogP contribution in [0.2, 0.25) is 0 Å². The van der Waals surface area contributed by atoms with E-state index in [9.17, 15) is 19.5 Å². The third kappa shape index (κ3) is 4.46. The number of aliphatic carboxylic acids is 1. The predicted octanol–water partition coefficient (Wildman–Crippen LogP) is -0.233. The number of thiophene rings is 1. The van der Waals surface area contributed by atoms with Crippen molar-refractivity contribution in [2.45, 2.75) is 29.5 Å². The average molecular weight is 482 g/mol. The van der Waals surface area contributed by atoms with Crippen LogP contribution in [-0.4, -0.2) is 77.5 Å². The lowest BCUT2D eigenvalue weighted by Crippen LogP contribution is -2.70. The van der Waals surface area contributed by atoms with Crippen molar-refractivity contribution in [2.75, 3.05) is 18.1 Å². The third-order valence-electron chi connectivity index (χ3n) is 4.70. The van der Waals surface area contributed by atoms with Gasteiger partial charge in [-0.1, -0.05) is 17.8 Å². The number of nitrogens with one attached hydrogen (secondary N) is 1. The van der Waals surface area contributed by atoms with Crippen LogP contribution in [0.5, 0.6) is 0 Å². The van der Waals surface area contributed by atoms with Gasteiger partial charge < -0.3 is 16.2 Å². The molecule has 2 aliphatic rings. The predicted molar refractivity (Wildman–Crippen MR) is 115 cm³/mol. The number of carboxylic acids is 1. The first-order valence-corrected chi connectivity index (χ1v) is 12.2. The first-order chi connectivity index (χ1) is 15.0. The second-order valence-electron chi connectivity index (χ2n) is 6.73. The molecular formula is C17H19N7O4S3. The molecule has 31 heavy (non-hydrogen) atoms. The minimum Gasteiger partial charge on any atom is -0.477 e. The summed E-state index contributed by atoms with van der Waals surface area (Å²) in [5.74, 6) is -1.08. The van der Waals surface area contributed by atoms with Crippen LogP contribution in [0.4, 0.5) is 0 Å². The van der Waals surface area contributed by atoms with Crippen LogP contribution in [0, 0.1) is 0 Å². The normalized spacial score (nSPS) is 20.4. The average Bonchev–Trinajstić information content (AvgIpc) is 3.42. The summed E-state index contributed by atoms with van der Waals surface area (Å²) < 4.78 is 1.55. The van der Waals surface area contributed by atoms with E-state index < -0.39 is 23.3 Å². The molecule has 2 aromatic rings. The number of fused-ring (bicyclic) bond motifs is 1. The maximum Gasteiger partial charge on any atom is 0.352 e. The lowest BCUT2D eigenvalue weighted by Gasteiger charge is -2.49. The lowest BCUT2D eigenvalue weighted by molar-refractivity contribution is -0.150. The molecule has 11 nitrogen and oxygen atoms in total. The first-order valence-electron chi connectivity index (χ1n) is 9.30. The number of tetrazole rings is 1. The van der Waals surface area contributed by atoms with Gasteiger partial charge >= 0.3 is 5.97 Å². The standard InChI is InChI=1S/C17H19N7O4S3/c18-3-4-23-17(20-21-22-23)31-8-9-7-30-15-12(14(26)24(15)13(9)16(27)28)19-11(25)6-10-2-1-5-29-10/h1-2,5,12,15H,3-4,6-8,18H2,(H,19,25)(H,27,28)/t12?,15-/m0/s1. The summed E-state index contributed by atoms with van der Waals surface area (Å²) in [7, 11) is 0. The number of aromatic nitrogens is 4. The molecule has 0 bridgehead atoms. The first kappa shape index (κ1) is 21.8. The highest BCUT2D eigenvalue weighted by molar-refractivity contribution is 8.01. The number of hydrogen-bond donors (Lipinski definition) is 3. The van der Waals surface area contributed by atoms with Gasteiger partial charge in [-0.2, -0.15) is 0 Å². The highest BCUT2D eigenvalue weighted by Crippen LogP contribution is 2.41. The summed E-state index contributed by atoms with van der Waals surface area (Å²) in [5, 5.41) is 25.9. The number of nitrogens with two attached hydrogens (primary N) is 1. The molecule has 1 fully saturated rings. The zero-order valence-corrected chi connectivity index (χ0v) is 18.6. The van der Waals surface area contributed by atoms with Crippen molar-refractivity contribution in [1.82, 2.24) is 30.4 Å². The Bertz CT molecular complexity index is 1020. The maximum absolute atomic E-state index is 12.7. The fourth-order valence-electron chi connectivity index (χ4n) is 3.30. The van der Waals surface area contributed by atoms with E-state index in [1.54, 1.807) is 4.68 Å². The number of carbonyl (C=O) groups excluding carboxylic acids is 2. The number of rotatable bonds is 9. The molecule has 2 amide bonds. The molecule has 1 saturated heterocycles. The van der Waals surface area contributed by atoms with Crippen LogP contribution in [0.3, 0.4) is 0 Å². The Morgan fingerprint density at radius 2 is 2.26 bits per heavy atom. The number of nitrogens with zero attached hydrogens (tertiary/aromatic N) is 5. The highest BCUT2D eigenvalue weighted by atomic mass is 32.2. The largest absolute Gasteiger partial charge is 0.477 e. The zero-order chi connectivity index (χ0) is 22.0. The summed E-state index contributed by atoms with van der Waals surface area (Å²) in [4.78, 5) is 39.1. The molecule has 0 saturated carbocycles. The molecule has 1 unspecified atom stereocenters. The Morgan fingerprint density at radius 1 is 1.42 bits per heavy atom.